The van der Waals surface area contributed by atoms with Crippen molar-refractivity contribution in [3.63, 3.8) is 0 Å². The lowest BCUT2D eigenvalue weighted by atomic mass is 9.84. The summed E-state index contributed by atoms with van der Waals surface area (Å²) in [7, 11) is 0. The van der Waals surface area contributed by atoms with E-state index in [0.717, 1.165) is 25.8 Å². The van der Waals surface area contributed by atoms with Crippen molar-refractivity contribution in [3.05, 3.63) is 0 Å². The fraction of sp³-hybridized carbons (Fsp3) is 0.867. The normalized spacial score (nSPS) is 43.5. The molecule has 1 aliphatic heterocycles. The average molecular weight is 280 g/mol. The van der Waals surface area contributed by atoms with Crippen LogP contribution in [0.25, 0.3) is 0 Å². The summed E-state index contributed by atoms with van der Waals surface area (Å²) in [5.41, 5.74) is -0.802. The molecule has 2 saturated carbocycles. The van der Waals surface area contributed by atoms with Crippen LogP contribution in [0, 0.1) is 17.3 Å². The molecule has 5 unspecified atom stereocenters. The molecule has 0 spiro atoms. The molecule has 3 aliphatic rings. The molecule has 3 N–H and O–H groups in total. The monoisotopic (exact) mass is 280 g/mol. The SMILES string of the molecule is CC1(C(=O)O)CCCC1NC(=O)C1NCC2CCCC21. The molecule has 1 amide bonds. The molecular weight excluding hydrogens is 256 g/mol. The van der Waals surface area contributed by atoms with E-state index in [1.54, 1.807) is 6.92 Å². The molecule has 1 saturated heterocycles. The lowest BCUT2D eigenvalue weighted by Gasteiger charge is -2.29. The second-order valence-corrected chi connectivity index (χ2v) is 6.92. The molecule has 5 nitrogen and oxygen atoms in total. The largest absolute Gasteiger partial charge is 0.481 e. The van der Waals surface area contributed by atoms with Crippen LogP contribution in [-0.4, -0.2) is 35.6 Å². The van der Waals surface area contributed by atoms with E-state index in [2.05, 4.69) is 10.6 Å². The molecule has 1 heterocycles. The van der Waals surface area contributed by atoms with Gasteiger partial charge in [0.25, 0.3) is 0 Å². The minimum Gasteiger partial charge on any atom is -0.481 e. The number of amides is 1. The van der Waals surface area contributed by atoms with Gasteiger partial charge in [-0.1, -0.05) is 12.8 Å². The number of carboxylic acids is 1. The first-order valence-electron chi connectivity index (χ1n) is 7.79. The zero-order valence-corrected chi connectivity index (χ0v) is 12.0. The number of aliphatic carboxylic acids is 1. The van der Waals surface area contributed by atoms with E-state index >= 15 is 0 Å². The minimum absolute atomic E-state index is 0.0128. The Morgan fingerprint density at radius 3 is 2.80 bits per heavy atom. The number of rotatable bonds is 3. The van der Waals surface area contributed by atoms with E-state index < -0.39 is 11.4 Å². The Labute approximate surface area is 119 Å². The maximum absolute atomic E-state index is 12.5. The summed E-state index contributed by atoms with van der Waals surface area (Å²) >= 11 is 0. The highest BCUT2D eigenvalue weighted by molar-refractivity contribution is 5.84. The number of carboxylic acid groups (broad SMARTS) is 1. The number of hydrogen-bond acceptors (Lipinski definition) is 3. The summed E-state index contributed by atoms with van der Waals surface area (Å²) in [5, 5.41) is 15.8. The number of carbonyl (C=O) groups is 2. The Hall–Kier alpha value is -1.10. The Balaban J connectivity index is 1.66. The summed E-state index contributed by atoms with van der Waals surface area (Å²) in [6.45, 7) is 2.69. The Morgan fingerprint density at radius 2 is 2.05 bits per heavy atom. The first kappa shape index (κ1) is 13.9. The van der Waals surface area contributed by atoms with Gasteiger partial charge >= 0.3 is 5.97 Å². The lowest BCUT2D eigenvalue weighted by Crippen LogP contribution is -2.52. The van der Waals surface area contributed by atoms with Crippen LogP contribution in [0.2, 0.25) is 0 Å². The third-order valence-corrected chi connectivity index (χ3v) is 5.79. The fourth-order valence-corrected chi connectivity index (χ4v) is 4.39. The van der Waals surface area contributed by atoms with Gasteiger partial charge in [-0.3, -0.25) is 9.59 Å². The van der Waals surface area contributed by atoms with Crippen molar-refractivity contribution in [3.8, 4) is 0 Å². The highest BCUT2D eigenvalue weighted by atomic mass is 16.4. The molecule has 5 heteroatoms. The summed E-state index contributed by atoms with van der Waals surface area (Å²) in [5.74, 6) is 0.310. The number of hydrogen-bond donors (Lipinski definition) is 3. The highest BCUT2D eigenvalue weighted by Crippen LogP contribution is 2.40. The molecule has 0 aromatic rings. The molecule has 20 heavy (non-hydrogen) atoms. The van der Waals surface area contributed by atoms with Gasteiger partial charge in [-0.25, -0.2) is 0 Å². The van der Waals surface area contributed by atoms with Crippen LogP contribution in [-0.2, 0) is 9.59 Å². The second-order valence-electron chi connectivity index (χ2n) is 6.92. The Kier molecular flexibility index (Phi) is 3.48. The molecule has 0 aromatic carbocycles. The zero-order chi connectivity index (χ0) is 14.3. The van der Waals surface area contributed by atoms with Gasteiger partial charge in [0.1, 0.15) is 0 Å². The van der Waals surface area contributed by atoms with Crippen LogP contribution in [0.5, 0.6) is 0 Å². The topological polar surface area (TPSA) is 78.4 Å². The Bertz CT molecular complexity index is 425. The maximum Gasteiger partial charge on any atom is 0.311 e. The summed E-state index contributed by atoms with van der Waals surface area (Å²) in [6, 6.07) is -0.337. The van der Waals surface area contributed by atoms with E-state index in [0.29, 0.717) is 18.3 Å². The van der Waals surface area contributed by atoms with E-state index in [1.165, 1.54) is 12.8 Å². The van der Waals surface area contributed by atoms with E-state index in [9.17, 15) is 14.7 Å². The highest BCUT2D eigenvalue weighted by Gasteiger charge is 2.48. The predicted octanol–water partition coefficient (Wildman–Crippen LogP) is 1.13. The number of nitrogens with one attached hydrogen (secondary N) is 2. The van der Waals surface area contributed by atoms with Crippen molar-refractivity contribution in [1.82, 2.24) is 10.6 Å². The Morgan fingerprint density at radius 1 is 1.25 bits per heavy atom. The molecule has 3 rings (SSSR count). The van der Waals surface area contributed by atoms with Gasteiger partial charge in [0, 0.05) is 6.04 Å². The quantitative estimate of drug-likeness (QED) is 0.724. The van der Waals surface area contributed by atoms with Crippen LogP contribution < -0.4 is 10.6 Å². The molecule has 3 fully saturated rings. The molecule has 2 aliphatic carbocycles. The standard InChI is InChI=1S/C15H24N2O3/c1-15(14(19)20)7-3-6-11(15)17-13(18)12-10-5-2-4-9(10)8-16-12/h9-12,16H,2-8H2,1H3,(H,17,18)(H,19,20). The van der Waals surface area contributed by atoms with Crippen LogP contribution in [0.4, 0.5) is 0 Å². The van der Waals surface area contributed by atoms with Crippen molar-refractivity contribution in [1.29, 1.82) is 0 Å². The number of carbonyl (C=O) groups excluding carboxylic acids is 1. The van der Waals surface area contributed by atoms with Gasteiger partial charge in [-0.15, -0.1) is 0 Å². The molecule has 0 radical (unpaired) electrons. The van der Waals surface area contributed by atoms with E-state index in [1.807, 2.05) is 0 Å². The van der Waals surface area contributed by atoms with Crippen molar-refractivity contribution in [2.45, 2.75) is 57.5 Å². The van der Waals surface area contributed by atoms with Crippen LogP contribution in [0.15, 0.2) is 0 Å². The third kappa shape index (κ3) is 2.12. The molecule has 0 bridgehead atoms. The second kappa shape index (κ2) is 5.02. The molecule has 0 aromatic heterocycles. The summed E-state index contributed by atoms with van der Waals surface area (Å²) in [6.07, 6.45) is 5.86. The minimum atomic E-state index is -0.802. The maximum atomic E-state index is 12.5. The lowest BCUT2D eigenvalue weighted by molar-refractivity contribution is -0.149. The zero-order valence-electron chi connectivity index (χ0n) is 12.0. The van der Waals surface area contributed by atoms with Gasteiger partial charge in [-0.05, 0) is 51.0 Å². The van der Waals surface area contributed by atoms with Crippen molar-refractivity contribution in [2.75, 3.05) is 6.54 Å². The van der Waals surface area contributed by atoms with Gasteiger partial charge in [0.2, 0.25) is 5.91 Å². The van der Waals surface area contributed by atoms with E-state index in [-0.39, 0.29) is 18.0 Å². The summed E-state index contributed by atoms with van der Waals surface area (Å²) in [4.78, 5) is 23.9. The van der Waals surface area contributed by atoms with Crippen molar-refractivity contribution in [2.24, 2.45) is 17.3 Å². The van der Waals surface area contributed by atoms with Crippen LogP contribution in [0.3, 0.4) is 0 Å². The van der Waals surface area contributed by atoms with Gasteiger partial charge in [-0.2, -0.15) is 0 Å². The fourth-order valence-electron chi connectivity index (χ4n) is 4.39. The predicted molar refractivity (Wildman–Crippen MR) is 74.1 cm³/mol. The van der Waals surface area contributed by atoms with Crippen LogP contribution in [0.1, 0.15) is 45.4 Å². The van der Waals surface area contributed by atoms with Crippen molar-refractivity contribution >= 4 is 11.9 Å². The summed E-state index contributed by atoms with van der Waals surface area (Å²) < 4.78 is 0. The van der Waals surface area contributed by atoms with Gasteiger partial charge < -0.3 is 15.7 Å². The smallest absolute Gasteiger partial charge is 0.311 e. The van der Waals surface area contributed by atoms with E-state index in [4.69, 9.17) is 0 Å². The first-order valence-corrected chi connectivity index (χ1v) is 7.79. The molecular formula is C15H24N2O3. The van der Waals surface area contributed by atoms with Crippen molar-refractivity contribution < 1.29 is 14.7 Å². The van der Waals surface area contributed by atoms with Gasteiger partial charge in [0.05, 0.1) is 11.5 Å². The van der Waals surface area contributed by atoms with Crippen LogP contribution >= 0.6 is 0 Å². The average Bonchev–Trinajstić information content (AvgIpc) is 3.05. The van der Waals surface area contributed by atoms with Gasteiger partial charge in [0.15, 0.2) is 0 Å². The molecule has 5 atom stereocenters. The third-order valence-electron chi connectivity index (χ3n) is 5.79. The molecule has 112 valence electrons. The number of fused-ring (bicyclic) bond motifs is 1. The first-order chi connectivity index (χ1) is 9.52.